The van der Waals surface area contributed by atoms with Gasteiger partial charge in [-0.3, -0.25) is 4.79 Å². The Bertz CT molecular complexity index is 1200. The Hall–Kier alpha value is -2.36. The number of halogens is 1. The van der Waals surface area contributed by atoms with Crippen molar-refractivity contribution < 1.29 is 14.3 Å². The number of aromatic nitrogens is 3. The minimum Gasteiger partial charge on any atom is -0.459 e. The fourth-order valence-electron chi connectivity index (χ4n) is 4.09. The fraction of sp³-hybridized carbons (Fsp3) is 0.440. The summed E-state index contributed by atoms with van der Waals surface area (Å²) in [6, 6.07) is 7.66. The maximum absolute atomic E-state index is 12.9. The van der Waals surface area contributed by atoms with E-state index in [1.807, 2.05) is 49.6 Å². The number of carbonyl (C=O) groups excluding carboxylic acids is 2. The second kappa shape index (κ2) is 11.6. The van der Waals surface area contributed by atoms with Crippen LogP contribution in [-0.4, -0.2) is 38.5 Å². The SMILES string of the molecule is CCn1c(Cc2ccc(Cl)cc2)nnc1SCC(=O)Nc1sc2c(c1C(=O)OC(C)C)CCCC2. The van der Waals surface area contributed by atoms with Crippen molar-refractivity contribution in [1.82, 2.24) is 14.8 Å². The van der Waals surface area contributed by atoms with Gasteiger partial charge >= 0.3 is 5.97 Å². The van der Waals surface area contributed by atoms with Gasteiger partial charge in [0.05, 0.1) is 17.4 Å². The van der Waals surface area contributed by atoms with Crippen LogP contribution in [0.25, 0.3) is 0 Å². The van der Waals surface area contributed by atoms with Crippen molar-refractivity contribution in [3.63, 3.8) is 0 Å². The summed E-state index contributed by atoms with van der Waals surface area (Å²) in [4.78, 5) is 26.9. The Morgan fingerprint density at radius 2 is 1.94 bits per heavy atom. The van der Waals surface area contributed by atoms with Crippen LogP contribution in [0.5, 0.6) is 0 Å². The molecule has 1 amide bonds. The Morgan fingerprint density at radius 3 is 2.66 bits per heavy atom. The van der Waals surface area contributed by atoms with E-state index in [4.69, 9.17) is 16.3 Å². The molecule has 2 aromatic heterocycles. The van der Waals surface area contributed by atoms with Gasteiger partial charge in [-0.1, -0.05) is 35.5 Å². The molecule has 0 spiro atoms. The number of ether oxygens (including phenoxy) is 1. The first-order valence-corrected chi connectivity index (χ1v) is 14.0. The molecular weight excluding hydrogens is 504 g/mol. The zero-order chi connectivity index (χ0) is 24.9. The summed E-state index contributed by atoms with van der Waals surface area (Å²) in [5.41, 5.74) is 2.65. The molecule has 0 fully saturated rings. The molecule has 0 bridgehead atoms. The van der Waals surface area contributed by atoms with Gasteiger partial charge in [0.15, 0.2) is 5.16 Å². The average molecular weight is 533 g/mol. The van der Waals surface area contributed by atoms with Crippen molar-refractivity contribution in [2.45, 2.75) is 70.7 Å². The molecule has 2 heterocycles. The van der Waals surface area contributed by atoms with E-state index in [1.54, 1.807) is 0 Å². The molecule has 1 N–H and O–H groups in total. The van der Waals surface area contributed by atoms with Crippen LogP contribution in [0.2, 0.25) is 5.02 Å². The number of rotatable bonds is 9. The second-order valence-corrected chi connectivity index (χ2v) is 11.1. The first kappa shape index (κ1) is 25.7. The van der Waals surface area contributed by atoms with Gasteiger partial charge in [0.1, 0.15) is 10.8 Å². The summed E-state index contributed by atoms with van der Waals surface area (Å²) in [7, 11) is 0. The van der Waals surface area contributed by atoms with Gasteiger partial charge in [-0.25, -0.2) is 4.79 Å². The molecule has 1 aliphatic carbocycles. The van der Waals surface area contributed by atoms with E-state index in [9.17, 15) is 9.59 Å². The first-order chi connectivity index (χ1) is 16.9. The summed E-state index contributed by atoms with van der Waals surface area (Å²) in [6.45, 7) is 6.39. The van der Waals surface area contributed by atoms with Crippen LogP contribution in [0.15, 0.2) is 29.4 Å². The van der Waals surface area contributed by atoms with Crippen LogP contribution in [0, 0.1) is 0 Å². The van der Waals surface area contributed by atoms with E-state index in [0.29, 0.717) is 33.7 Å². The van der Waals surface area contributed by atoms with Gasteiger partial charge in [0.25, 0.3) is 0 Å². The lowest BCUT2D eigenvalue weighted by atomic mass is 9.95. The lowest BCUT2D eigenvalue weighted by molar-refractivity contribution is -0.113. The number of amides is 1. The van der Waals surface area contributed by atoms with Gasteiger partial charge in [-0.15, -0.1) is 21.5 Å². The Kier molecular flexibility index (Phi) is 8.51. The number of anilines is 1. The molecule has 0 radical (unpaired) electrons. The number of thioether (sulfide) groups is 1. The molecule has 0 aliphatic heterocycles. The quantitative estimate of drug-likeness (QED) is 0.278. The van der Waals surface area contributed by atoms with Crippen molar-refractivity contribution in [3.05, 3.63) is 56.7 Å². The molecule has 186 valence electrons. The van der Waals surface area contributed by atoms with Crippen molar-refractivity contribution in [1.29, 1.82) is 0 Å². The van der Waals surface area contributed by atoms with E-state index < -0.39 is 0 Å². The average Bonchev–Trinajstić information content (AvgIpc) is 3.38. The normalized spacial score (nSPS) is 13.1. The number of fused-ring (bicyclic) bond motifs is 1. The number of esters is 1. The molecule has 0 unspecified atom stereocenters. The van der Waals surface area contributed by atoms with Crippen LogP contribution in [0.4, 0.5) is 5.00 Å². The molecule has 4 rings (SSSR count). The Balaban J connectivity index is 1.44. The monoisotopic (exact) mass is 532 g/mol. The third kappa shape index (κ3) is 6.26. The predicted molar refractivity (Wildman–Crippen MR) is 141 cm³/mol. The maximum Gasteiger partial charge on any atom is 0.341 e. The summed E-state index contributed by atoms with van der Waals surface area (Å²) in [5, 5.41) is 13.6. The predicted octanol–water partition coefficient (Wildman–Crippen LogP) is 5.78. The van der Waals surface area contributed by atoms with E-state index in [0.717, 1.165) is 42.6 Å². The van der Waals surface area contributed by atoms with E-state index in [-0.39, 0.29) is 23.7 Å². The molecule has 1 aliphatic rings. The summed E-state index contributed by atoms with van der Waals surface area (Å²) in [5.74, 6) is 0.458. The lowest BCUT2D eigenvalue weighted by Crippen LogP contribution is -2.19. The number of nitrogens with one attached hydrogen (secondary N) is 1. The molecular formula is C25H29ClN4O3S2. The number of hydrogen-bond donors (Lipinski definition) is 1. The third-order valence-electron chi connectivity index (χ3n) is 5.69. The van der Waals surface area contributed by atoms with Crippen LogP contribution in [0.1, 0.15) is 65.8 Å². The van der Waals surface area contributed by atoms with Gasteiger partial charge in [0.2, 0.25) is 5.91 Å². The maximum atomic E-state index is 12.9. The standard InChI is InChI=1S/C25H29ClN4O3S2/c1-4-30-20(13-16-9-11-17(26)12-10-16)28-29-25(30)34-14-21(31)27-23-22(24(32)33-15(2)3)18-7-5-6-8-19(18)35-23/h9-12,15H,4-8,13-14H2,1-3H3,(H,27,31). The highest BCUT2D eigenvalue weighted by Crippen LogP contribution is 2.39. The summed E-state index contributed by atoms with van der Waals surface area (Å²) < 4.78 is 7.50. The van der Waals surface area contributed by atoms with E-state index in [2.05, 4.69) is 15.5 Å². The van der Waals surface area contributed by atoms with Crippen LogP contribution < -0.4 is 5.32 Å². The molecule has 0 atom stereocenters. The van der Waals surface area contributed by atoms with Crippen molar-refractivity contribution in [2.24, 2.45) is 0 Å². The Labute approximate surface area is 218 Å². The van der Waals surface area contributed by atoms with Gasteiger partial charge < -0.3 is 14.6 Å². The molecule has 35 heavy (non-hydrogen) atoms. The van der Waals surface area contributed by atoms with E-state index in [1.165, 1.54) is 28.0 Å². The van der Waals surface area contributed by atoms with Gasteiger partial charge in [0, 0.05) is 22.9 Å². The van der Waals surface area contributed by atoms with Crippen LogP contribution in [0.3, 0.4) is 0 Å². The molecule has 0 saturated heterocycles. The largest absolute Gasteiger partial charge is 0.459 e. The number of benzene rings is 1. The smallest absolute Gasteiger partial charge is 0.341 e. The molecule has 10 heteroatoms. The summed E-state index contributed by atoms with van der Waals surface area (Å²) in [6.07, 6.45) is 4.33. The highest BCUT2D eigenvalue weighted by molar-refractivity contribution is 7.99. The van der Waals surface area contributed by atoms with Crippen molar-refractivity contribution >= 4 is 51.6 Å². The topological polar surface area (TPSA) is 86.1 Å². The fourth-order valence-corrected chi connectivity index (χ4v) is 6.34. The number of thiophene rings is 1. The molecule has 7 nitrogen and oxygen atoms in total. The zero-order valence-corrected chi connectivity index (χ0v) is 22.5. The highest BCUT2D eigenvalue weighted by Gasteiger charge is 2.28. The molecule has 3 aromatic rings. The Morgan fingerprint density at radius 1 is 1.20 bits per heavy atom. The number of aryl methyl sites for hydroxylation is 1. The van der Waals surface area contributed by atoms with Crippen LogP contribution >= 0.6 is 34.7 Å². The highest BCUT2D eigenvalue weighted by atomic mass is 35.5. The number of hydrogen-bond acceptors (Lipinski definition) is 7. The van der Waals surface area contributed by atoms with E-state index >= 15 is 0 Å². The third-order valence-corrected chi connectivity index (χ3v) is 8.11. The van der Waals surface area contributed by atoms with Crippen molar-refractivity contribution in [3.8, 4) is 0 Å². The molecule has 1 aromatic carbocycles. The van der Waals surface area contributed by atoms with Gasteiger partial charge in [-0.05, 0) is 69.7 Å². The lowest BCUT2D eigenvalue weighted by Gasteiger charge is -2.14. The number of nitrogens with zero attached hydrogens (tertiary/aromatic N) is 3. The minimum atomic E-state index is -0.361. The minimum absolute atomic E-state index is 0.167. The van der Waals surface area contributed by atoms with Gasteiger partial charge in [-0.2, -0.15) is 0 Å². The zero-order valence-electron chi connectivity index (χ0n) is 20.1. The van der Waals surface area contributed by atoms with Crippen molar-refractivity contribution in [2.75, 3.05) is 11.1 Å². The second-order valence-electron chi connectivity index (χ2n) is 8.65. The van der Waals surface area contributed by atoms with Crippen LogP contribution in [-0.2, 0) is 35.3 Å². The number of carbonyl (C=O) groups is 2. The molecule has 0 saturated carbocycles. The first-order valence-electron chi connectivity index (χ1n) is 11.8. The summed E-state index contributed by atoms with van der Waals surface area (Å²) >= 11 is 8.82.